The van der Waals surface area contributed by atoms with Crippen LogP contribution in [0, 0.1) is 5.92 Å². The third kappa shape index (κ3) is 9.51. The third-order valence-electron chi connectivity index (χ3n) is 7.38. The van der Waals surface area contributed by atoms with Crippen LogP contribution < -0.4 is 18.9 Å². The van der Waals surface area contributed by atoms with Gasteiger partial charge in [-0.25, -0.2) is 0 Å². The molecule has 0 bridgehead atoms. The van der Waals surface area contributed by atoms with Gasteiger partial charge in [-0.2, -0.15) is 0 Å². The molecule has 0 saturated carbocycles. The Labute approximate surface area is 300 Å². The Bertz CT molecular complexity index is 1370. The van der Waals surface area contributed by atoms with Gasteiger partial charge in [0.1, 0.15) is 0 Å². The van der Waals surface area contributed by atoms with E-state index in [0.29, 0.717) is 68.8 Å². The second kappa shape index (κ2) is 17.3. The Hall–Kier alpha value is -2.48. The van der Waals surface area contributed by atoms with Crippen molar-refractivity contribution in [3.8, 4) is 23.0 Å². The molecule has 0 saturated heterocycles. The number of ether oxygens (including phenoxy) is 4. The van der Waals surface area contributed by atoms with Crippen LogP contribution in [0.1, 0.15) is 54.9 Å². The molecular formula is C30H38N2Na2O10. The van der Waals surface area contributed by atoms with Gasteiger partial charge in [-0.15, -0.1) is 0 Å². The van der Waals surface area contributed by atoms with E-state index in [0.717, 1.165) is 22.3 Å². The van der Waals surface area contributed by atoms with Crippen molar-refractivity contribution in [1.82, 2.24) is 9.80 Å². The summed E-state index contributed by atoms with van der Waals surface area (Å²) in [5.41, 5.74) is 3.73. The first kappa shape index (κ1) is 37.7. The fourth-order valence-corrected chi connectivity index (χ4v) is 4.98. The summed E-state index contributed by atoms with van der Waals surface area (Å²) in [7, 11) is 3.09. The van der Waals surface area contributed by atoms with Crippen molar-refractivity contribution in [3.63, 3.8) is 0 Å². The minimum absolute atomic E-state index is 0. The summed E-state index contributed by atoms with van der Waals surface area (Å²) in [5.74, 6) is -0.969. The molecule has 2 aliphatic rings. The summed E-state index contributed by atoms with van der Waals surface area (Å²) in [6, 6.07) is 7.40. The van der Waals surface area contributed by atoms with Gasteiger partial charge < -0.3 is 39.0 Å². The van der Waals surface area contributed by atoms with Crippen LogP contribution in [0.5, 0.6) is 23.0 Å². The molecule has 2 aromatic carbocycles. The molecule has 2 N–H and O–H groups in total. The summed E-state index contributed by atoms with van der Waals surface area (Å²) in [4.78, 5) is 50.1. The van der Waals surface area contributed by atoms with Crippen LogP contribution in [0.15, 0.2) is 24.3 Å². The molecule has 0 unspecified atom stereocenters. The minimum atomic E-state index is -1.00. The molecule has 0 aliphatic carbocycles. The normalized spacial score (nSPS) is 13.5. The standard InChI is InChI=1S/C30H36N2O10.2Na.2H/c1-18(30(37)38)9-28(34)32-16-20-11-24(40-3)26(13-22(20)17-32)42-8-4-7-41-25-12-21-15-31(27(33)5-6-29(35)36)14-19(21)10-23(25)39-2;;;;/h10-13,18H,4-9,14-17H2,1-3H3,(H,35,36)(H,37,38);;;;/t18-;;;;/m0..../s1. The second-order valence-corrected chi connectivity index (χ2v) is 10.4. The topological polar surface area (TPSA) is 152 Å². The van der Waals surface area contributed by atoms with E-state index in [2.05, 4.69) is 0 Å². The van der Waals surface area contributed by atoms with E-state index in [1.807, 2.05) is 24.3 Å². The zero-order chi connectivity index (χ0) is 30.4. The predicted octanol–water partition coefficient (Wildman–Crippen LogP) is 1.91. The van der Waals surface area contributed by atoms with E-state index in [1.165, 1.54) is 6.92 Å². The summed E-state index contributed by atoms with van der Waals surface area (Å²) < 4.78 is 23.0. The SMILES string of the molecule is COc1cc2c(cc1OCCCOc1cc3c(cc1OC)CN(C(=O)C[C@H](C)C(=O)O)C3)CN(C(=O)CCC(=O)O)C2.[NaH].[NaH]. The number of rotatable bonds is 14. The Morgan fingerprint density at radius 1 is 0.705 bits per heavy atom. The number of fused-ring (bicyclic) bond motifs is 2. The van der Waals surface area contributed by atoms with Crippen molar-refractivity contribution < 1.29 is 48.3 Å². The molecule has 230 valence electrons. The van der Waals surface area contributed by atoms with E-state index < -0.39 is 17.9 Å². The number of amides is 2. The first-order valence-electron chi connectivity index (χ1n) is 13.7. The summed E-state index contributed by atoms with van der Waals surface area (Å²) in [5, 5.41) is 18.0. The number of nitrogens with zero attached hydrogens (tertiary/aromatic N) is 2. The number of carboxylic acid groups (broad SMARTS) is 2. The Kier molecular flexibility index (Phi) is 14.8. The Morgan fingerprint density at radius 3 is 1.50 bits per heavy atom. The maximum absolute atomic E-state index is 12.6. The van der Waals surface area contributed by atoms with Crippen LogP contribution in [0.4, 0.5) is 0 Å². The average molecular weight is 633 g/mol. The molecule has 0 fully saturated rings. The molecular weight excluding hydrogens is 594 g/mol. The number of carboxylic acids is 2. The summed E-state index contributed by atoms with van der Waals surface area (Å²) in [6.07, 6.45) is 0.260. The van der Waals surface area contributed by atoms with Crippen molar-refractivity contribution >= 4 is 82.9 Å². The molecule has 2 aliphatic heterocycles. The van der Waals surface area contributed by atoms with Gasteiger partial charge in [0.05, 0.1) is 39.8 Å². The first-order valence-corrected chi connectivity index (χ1v) is 13.7. The Morgan fingerprint density at radius 2 is 1.11 bits per heavy atom. The molecule has 12 nitrogen and oxygen atoms in total. The van der Waals surface area contributed by atoms with Crippen LogP contribution in [0.3, 0.4) is 0 Å². The monoisotopic (exact) mass is 632 g/mol. The van der Waals surface area contributed by atoms with E-state index in [9.17, 15) is 19.2 Å². The van der Waals surface area contributed by atoms with Crippen molar-refractivity contribution in [2.24, 2.45) is 5.92 Å². The van der Waals surface area contributed by atoms with Crippen LogP contribution in [-0.2, 0) is 45.4 Å². The van der Waals surface area contributed by atoms with Crippen LogP contribution in [0.25, 0.3) is 0 Å². The molecule has 4 rings (SSSR count). The fourth-order valence-electron chi connectivity index (χ4n) is 4.98. The molecule has 0 aromatic heterocycles. The van der Waals surface area contributed by atoms with Crippen molar-refractivity contribution in [2.75, 3.05) is 27.4 Å². The Balaban J connectivity index is 0.00000337. The molecule has 1 atom stereocenters. The van der Waals surface area contributed by atoms with Gasteiger partial charge in [0.15, 0.2) is 23.0 Å². The van der Waals surface area contributed by atoms with Gasteiger partial charge in [-0.1, -0.05) is 6.92 Å². The van der Waals surface area contributed by atoms with Gasteiger partial charge >= 0.3 is 71.1 Å². The number of benzene rings is 2. The van der Waals surface area contributed by atoms with Crippen molar-refractivity contribution in [2.45, 2.75) is 58.8 Å². The van der Waals surface area contributed by atoms with Gasteiger partial charge in [0.25, 0.3) is 0 Å². The molecule has 2 amide bonds. The van der Waals surface area contributed by atoms with Gasteiger partial charge in [0.2, 0.25) is 11.8 Å². The van der Waals surface area contributed by atoms with Gasteiger partial charge in [-0.05, 0) is 46.5 Å². The number of carbonyl (C=O) groups excluding carboxylic acids is 2. The predicted molar refractivity (Wildman–Crippen MR) is 163 cm³/mol. The molecule has 0 spiro atoms. The number of methoxy groups -OCH3 is 2. The summed E-state index contributed by atoms with van der Waals surface area (Å²) >= 11 is 0. The van der Waals surface area contributed by atoms with E-state index in [1.54, 1.807) is 24.0 Å². The number of hydrogen-bond acceptors (Lipinski definition) is 8. The molecule has 0 radical (unpaired) electrons. The maximum atomic E-state index is 12.6. The summed E-state index contributed by atoms with van der Waals surface area (Å²) in [6.45, 7) is 3.75. The van der Waals surface area contributed by atoms with Crippen LogP contribution >= 0.6 is 0 Å². The van der Waals surface area contributed by atoms with Crippen LogP contribution in [0.2, 0.25) is 0 Å². The van der Waals surface area contributed by atoms with Gasteiger partial charge in [0, 0.05) is 45.4 Å². The molecule has 2 heterocycles. The van der Waals surface area contributed by atoms with Gasteiger partial charge in [-0.3, -0.25) is 19.2 Å². The fraction of sp³-hybridized carbons (Fsp3) is 0.467. The van der Waals surface area contributed by atoms with Crippen molar-refractivity contribution in [1.29, 1.82) is 0 Å². The molecule has 2 aromatic rings. The quantitative estimate of drug-likeness (QED) is 0.233. The van der Waals surface area contributed by atoms with Crippen LogP contribution in [-0.4, -0.2) is 130 Å². The van der Waals surface area contributed by atoms with E-state index in [4.69, 9.17) is 29.2 Å². The number of hydrogen-bond donors (Lipinski definition) is 2. The zero-order valence-electron chi connectivity index (χ0n) is 24.0. The number of carbonyl (C=O) groups is 4. The molecule has 14 heteroatoms. The zero-order valence-corrected chi connectivity index (χ0v) is 24.0. The second-order valence-electron chi connectivity index (χ2n) is 10.4. The average Bonchev–Trinajstić information content (AvgIpc) is 3.58. The molecule has 44 heavy (non-hydrogen) atoms. The van der Waals surface area contributed by atoms with Crippen molar-refractivity contribution in [3.05, 3.63) is 46.5 Å². The first-order chi connectivity index (χ1) is 20.1. The van der Waals surface area contributed by atoms with E-state index in [-0.39, 0.29) is 90.2 Å². The third-order valence-corrected chi connectivity index (χ3v) is 7.38. The number of aliphatic carboxylic acids is 2. The van der Waals surface area contributed by atoms with E-state index >= 15 is 0 Å².